The van der Waals surface area contributed by atoms with Crippen molar-refractivity contribution in [2.45, 2.75) is 31.2 Å². The number of anilines is 1. The Morgan fingerprint density at radius 2 is 2.25 bits per heavy atom. The Morgan fingerprint density at radius 1 is 1.43 bits per heavy atom. The van der Waals surface area contributed by atoms with E-state index in [0.29, 0.717) is 5.76 Å². The monoisotopic (exact) mass is 430 g/mol. The lowest BCUT2D eigenvalue weighted by atomic mass is 10.0. The van der Waals surface area contributed by atoms with Crippen molar-refractivity contribution in [3.63, 3.8) is 0 Å². The van der Waals surface area contributed by atoms with Gasteiger partial charge in [-0.2, -0.15) is 18.3 Å². The van der Waals surface area contributed by atoms with Crippen LogP contribution in [-0.4, -0.2) is 21.9 Å². The fourth-order valence-electron chi connectivity index (χ4n) is 3.07. The van der Waals surface area contributed by atoms with Crippen LogP contribution in [0.25, 0.3) is 0 Å². The molecule has 0 unspecified atom stereocenters. The molecule has 0 aromatic carbocycles. The molecule has 1 amide bonds. The molecule has 1 aliphatic heterocycles. The Bertz CT molecular complexity index is 970. The van der Waals surface area contributed by atoms with Crippen LogP contribution < -0.4 is 10.6 Å². The molecule has 3 aromatic rings. The first-order valence-electron chi connectivity index (χ1n) is 8.30. The van der Waals surface area contributed by atoms with E-state index in [1.54, 1.807) is 12.1 Å². The van der Waals surface area contributed by atoms with Crippen LogP contribution in [0.1, 0.15) is 39.6 Å². The zero-order valence-corrected chi connectivity index (χ0v) is 15.7. The summed E-state index contributed by atoms with van der Waals surface area (Å²) in [6, 6.07) is 4.16. The SMILES string of the molecule is O=C(NCc1cccs1)c1nn2c(c1Cl)N[C@H](c1ccco1)C[C@H]2C(F)(F)F. The standard InChI is InChI=1S/C17H14ClF3N4O2S/c18-13-14(16(26)22-8-9-3-2-6-28-9)24-25-12(17(19,20)21)7-10(23-15(13)25)11-4-1-5-27-11/h1-6,10,12,23H,7-8H2,(H,22,26)/t10-,12-/m0/s1. The summed E-state index contributed by atoms with van der Waals surface area (Å²) < 4.78 is 46.9. The number of fused-ring (bicyclic) bond motifs is 1. The number of halogens is 4. The molecule has 0 aliphatic carbocycles. The fourth-order valence-corrected chi connectivity index (χ4v) is 3.98. The van der Waals surface area contributed by atoms with Crippen LogP contribution >= 0.6 is 22.9 Å². The summed E-state index contributed by atoms with van der Waals surface area (Å²) in [5.74, 6) is -0.350. The van der Waals surface area contributed by atoms with E-state index in [2.05, 4.69) is 15.7 Å². The van der Waals surface area contributed by atoms with Gasteiger partial charge in [-0.3, -0.25) is 4.79 Å². The van der Waals surface area contributed by atoms with Crippen LogP contribution in [0.5, 0.6) is 0 Å². The largest absolute Gasteiger partial charge is 0.467 e. The molecule has 148 valence electrons. The molecule has 0 saturated carbocycles. The minimum atomic E-state index is -4.57. The zero-order valence-electron chi connectivity index (χ0n) is 14.2. The van der Waals surface area contributed by atoms with Crippen molar-refractivity contribution in [2.24, 2.45) is 0 Å². The third kappa shape index (κ3) is 3.49. The molecular weight excluding hydrogens is 417 g/mol. The molecule has 3 aromatic heterocycles. The molecule has 1 aliphatic rings. The Labute approximate surface area is 166 Å². The van der Waals surface area contributed by atoms with E-state index in [1.807, 2.05) is 17.5 Å². The highest BCUT2D eigenvalue weighted by atomic mass is 35.5. The first-order chi connectivity index (χ1) is 13.3. The predicted molar refractivity (Wildman–Crippen MR) is 97.5 cm³/mol. The first-order valence-corrected chi connectivity index (χ1v) is 9.55. The molecular formula is C17H14ClF3N4O2S. The number of nitrogens with zero attached hydrogens (tertiary/aromatic N) is 2. The van der Waals surface area contributed by atoms with E-state index in [9.17, 15) is 18.0 Å². The lowest BCUT2D eigenvalue weighted by Crippen LogP contribution is -2.35. The number of hydrogen-bond donors (Lipinski definition) is 2. The summed E-state index contributed by atoms with van der Waals surface area (Å²) >= 11 is 7.69. The van der Waals surface area contributed by atoms with Gasteiger partial charge in [-0.1, -0.05) is 17.7 Å². The molecule has 0 fully saturated rings. The van der Waals surface area contributed by atoms with Crippen LogP contribution in [0.3, 0.4) is 0 Å². The van der Waals surface area contributed by atoms with E-state index in [-0.39, 0.29) is 29.5 Å². The van der Waals surface area contributed by atoms with Crippen molar-refractivity contribution in [3.8, 4) is 0 Å². The smallest absolute Gasteiger partial charge is 0.410 e. The van der Waals surface area contributed by atoms with Crippen molar-refractivity contribution in [1.29, 1.82) is 0 Å². The highest BCUT2D eigenvalue weighted by Crippen LogP contribution is 2.46. The molecule has 0 spiro atoms. The quantitative estimate of drug-likeness (QED) is 0.624. The van der Waals surface area contributed by atoms with Crippen LogP contribution in [0.4, 0.5) is 19.0 Å². The maximum absolute atomic E-state index is 13.6. The van der Waals surface area contributed by atoms with Gasteiger partial charge in [-0.15, -0.1) is 11.3 Å². The first kappa shape index (κ1) is 18.9. The number of nitrogens with one attached hydrogen (secondary N) is 2. The molecule has 6 nitrogen and oxygen atoms in total. The average molecular weight is 431 g/mol. The number of thiophene rings is 1. The van der Waals surface area contributed by atoms with Gasteiger partial charge >= 0.3 is 6.18 Å². The van der Waals surface area contributed by atoms with Gasteiger partial charge in [0.25, 0.3) is 5.91 Å². The Kier molecular flexibility index (Phi) is 4.84. The predicted octanol–water partition coefficient (Wildman–Crippen LogP) is 4.78. The third-order valence-corrected chi connectivity index (χ3v) is 5.63. The van der Waals surface area contributed by atoms with Crippen molar-refractivity contribution in [2.75, 3.05) is 5.32 Å². The lowest BCUT2D eigenvalue weighted by Gasteiger charge is -2.32. The Hall–Kier alpha value is -2.46. The molecule has 4 rings (SSSR count). The highest BCUT2D eigenvalue weighted by molar-refractivity contribution is 7.09. The molecule has 2 N–H and O–H groups in total. The molecule has 4 heterocycles. The van der Waals surface area contributed by atoms with Crippen molar-refractivity contribution in [1.82, 2.24) is 15.1 Å². The molecule has 0 bridgehead atoms. The van der Waals surface area contributed by atoms with Crippen LogP contribution in [0.15, 0.2) is 40.3 Å². The summed E-state index contributed by atoms with van der Waals surface area (Å²) in [5, 5.41) is 11.1. The number of furan rings is 1. The minimum Gasteiger partial charge on any atom is -0.467 e. The van der Waals surface area contributed by atoms with Gasteiger partial charge in [0.15, 0.2) is 11.7 Å². The zero-order chi connectivity index (χ0) is 19.9. The fraction of sp³-hybridized carbons (Fsp3) is 0.294. The number of carbonyl (C=O) groups excluding carboxylic acids is 1. The number of hydrogen-bond acceptors (Lipinski definition) is 5. The maximum Gasteiger partial charge on any atom is 0.410 e. The van der Waals surface area contributed by atoms with Crippen molar-refractivity contribution < 1.29 is 22.4 Å². The second-order valence-corrected chi connectivity index (χ2v) is 7.63. The number of amides is 1. The van der Waals surface area contributed by atoms with Crippen LogP contribution in [0, 0.1) is 0 Å². The van der Waals surface area contributed by atoms with Gasteiger partial charge in [-0.05, 0) is 23.6 Å². The Morgan fingerprint density at radius 3 is 2.89 bits per heavy atom. The summed E-state index contributed by atoms with van der Waals surface area (Å²) in [5.41, 5.74) is -0.255. The number of alkyl halides is 3. The van der Waals surface area contributed by atoms with E-state index in [1.165, 1.54) is 17.6 Å². The Balaban J connectivity index is 1.65. The third-order valence-electron chi connectivity index (χ3n) is 4.40. The number of carbonyl (C=O) groups is 1. The molecule has 0 saturated heterocycles. The normalized spacial score (nSPS) is 19.1. The topological polar surface area (TPSA) is 72.1 Å². The van der Waals surface area contributed by atoms with E-state index in [4.69, 9.17) is 16.0 Å². The summed E-state index contributed by atoms with van der Waals surface area (Å²) in [6.07, 6.45) is -3.52. The van der Waals surface area contributed by atoms with Gasteiger partial charge in [0, 0.05) is 11.3 Å². The van der Waals surface area contributed by atoms with Gasteiger partial charge in [0.05, 0.1) is 18.8 Å². The lowest BCUT2D eigenvalue weighted by molar-refractivity contribution is -0.174. The van der Waals surface area contributed by atoms with E-state index in [0.717, 1.165) is 9.56 Å². The van der Waals surface area contributed by atoms with Gasteiger partial charge < -0.3 is 15.1 Å². The molecule has 11 heteroatoms. The maximum atomic E-state index is 13.6. The van der Waals surface area contributed by atoms with Gasteiger partial charge in [-0.25, -0.2) is 4.68 Å². The van der Waals surface area contributed by atoms with E-state index < -0.39 is 24.2 Å². The molecule has 2 atom stereocenters. The summed E-state index contributed by atoms with van der Waals surface area (Å²) in [7, 11) is 0. The van der Waals surface area contributed by atoms with E-state index >= 15 is 0 Å². The second kappa shape index (κ2) is 7.17. The van der Waals surface area contributed by atoms with Gasteiger partial charge in [0.1, 0.15) is 16.6 Å². The summed E-state index contributed by atoms with van der Waals surface area (Å²) in [6.45, 7) is 0.236. The van der Waals surface area contributed by atoms with Crippen LogP contribution in [0.2, 0.25) is 5.02 Å². The number of aromatic nitrogens is 2. The average Bonchev–Trinajstić information content (AvgIpc) is 3.40. The highest BCUT2D eigenvalue weighted by Gasteiger charge is 2.48. The van der Waals surface area contributed by atoms with Crippen molar-refractivity contribution >= 4 is 34.7 Å². The number of rotatable bonds is 4. The second-order valence-electron chi connectivity index (χ2n) is 6.22. The molecule has 0 radical (unpaired) electrons. The molecule has 28 heavy (non-hydrogen) atoms. The van der Waals surface area contributed by atoms with Crippen LogP contribution in [-0.2, 0) is 6.54 Å². The van der Waals surface area contributed by atoms with Crippen molar-refractivity contribution in [3.05, 3.63) is 57.3 Å². The summed E-state index contributed by atoms with van der Waals surface area (Å²) in [4.78, 5) is 13.4. The minimum absolute atomic E-state index is 0.0575. The van der Waals surface area contributed by atoms with Gasteiger partial charge in [0.2, 0.25) is 0 Å².